The quantitative estimate of drug-likeness (QED) is 0.830. The lowest BCUT2D eigenvalue weighted by Crippen LogP contribution is -2.38. The van der Waals surface area contributed by atoms with Gasteiger partial charge in [0, 0.05) is 25.7 Å². The van der Waals surface area contributed by atoms with Crippen LogP contribution in [-0.4, -0.2) is 32.0 Å². The number of nitrogens with one attached hydrogen (secondary N) is 1. The van der Waals surface area contributed by atoms with E-state index in [0.29, 0.717) is 24.3 Å². The second kappa shape index (κ2) is 9.23. The molecule has 2 aromatic carbocycles. The lowest BCUT2D eigenvalue weighted by atomic mass is 10.1. The number of methoxy groups -OCH3 is 1. The monoisotopic (exact) mass is 351 g/mol. The SMILES string of the molecule is COc1ccc(CC(=O)NCCN(C(C)=O)c2cccc(C#N)c2)cc1. The summed E-state index contributed by atoms with van der Waals surface area (Å²) in [4.78, 5) is 25.5. The average Bonchev–Trinajstić information content (AvgIpc) is 2.65. The zero-order valence-corrected chi connectivity index (χ0v) is 14.9. The van der Waals surface area contributed by atoms with Crippen LogP contribution in [-0.2, 0) is 16.0 Å². The molecule has 134 valence electrons. The highest BCUT2D eigenvalue weighted by Crippen LogP contribution is 2.16. The summed E-state index contributed by atoms with van der Waals surface area (Å²) in [5.74, 6) is 0.472. The van der Waals surface area contributed by atoms with E-state index in [-0.39, 0.29) is 18.2 Å². The predicted octanol–water partition coefficient (Wildman–Crippen LogP) is 2.28. The number of hydrogen-bond acceptors (Lipinski definition) is 4. The molecule has 0 spiro atoms. The summed E-state index contributed by atoms with van der Waals surface area (Å²) in [7, 11) is 1.59. The first-order chi connectivity index (χ1) is 12.5. The van der Waals surface area contributed by atoms with Gasteiger partial charge >= 0.3 is 0 Å². The van der Waals surface area contributed by atoms with E-state index in [4.69, 9.17) is 10.00 Å². The summed E-state index contributed by atoms with van der Waals surface area (Å²) in [6.07, 6.45) is 0.258. The van der Waals surface area contributed by atoms with Crippen molar-refractivity contribution in [2.45, 2.75) is 13.3 Å². The molecule has 0 atom stereocenters. The highest BCUT2D eigenvalue weighted by Gasteiger charge is 2.12. The minimum absolute atomic E-state index is 0.121. The molecule has 0 fully saturated rings. The molecule has 26 heavy (non-hydrogen) atoms. The maximum atomic E-state index is 12.1. The van der Waals surface area contributed by atoms with Gasteiger partial charge in [-0.1, -0.05) is 18.2 Å². The molecule has 6 nitrogen and oxygen atoms in total. The van der Waals surface area contributed by atoms with Gasteiger partial charge in [-0.05, 0) is 35.9 Å². The number of anilines is 1. The molecule has 0 aliphatic rings. The van der Waals surface area contributed by atoms with E-state index in [1.807, 2.05) is 24.3 Å². The van der Waals surface area contributed by atoms with E-state index in [9.17, 15) is 9.59 Å². The van der Waals surface area contributed by atoms with Crippen LogP contribution < -0.4 is 15.0 Å². The Balaban J connectivity index is 1.89. The van der Waals surface area contributed by atoms with Gasteiger partial charge in [0.1, 0.15) is 5.75 Å². The van der Waals surface area contributed by atoms with Crippen LogP contribution in [0.15, 0.2) is 48.5 Å². The van der Waals surface area contributed by atoms with Crippen molar-refractivity contribution in [1.29, 1.82) is 5.26 Å². The van der Waals surface area contributed by atoms with E-state index < -0.39 is 0 Å². The average molecular weight is 351 g/mol. The molecular weight excluding hydrogens is 330 g/mol. The Morgan fingerprint density at radius 1 is 1.19 bits per heavy atom. The third-order valence-electron chi connectivity index (χ3n) is 3.85. The van der Waals surface area contributed by atoms with Gasteiger partial charge in [0.15, 0.2) is 0 Å². The summed E-state index contributed by atoms with van der Waals surface area (Å²) in [6.45, 7) is 2.11. The first-order valence-corrected chi connectivity index (χ1v) is 8.21. The van der Waals surface area contributed by atoms with E-state index in [2.05, 4.69) is 11.4 Å². The van der Waals surface area contributed by atoms with E-state index in [1.54, 1.807) is 31.4 Å². The second-order valence-corrected chi connectivity index (χ2v) is 5.71. The summed E-state index contributed by atoms with van der Waals surface area (Å²) in [5.41, 5.74) is 2.01. The molecule has 0 aliphatic heterocycles. The zero-order chi connectivity index (χ0) is 18.9. The number of rotatable bonds is 7. The fourth-order valence-electron chi connectivity index (χ4n) is 2.51. The van der Waals surface area contributed by atoms with Gasteiger partial charge in [-0.3, -0.25) is 9.59 Å². The Morgan fingerprint density at radius 2 is 1.92 bits per heavy atom. The molecule has 0 unspecified atom stereocenters. The summed E-state index contributed by atoms with van der Waals surface area (Å²) in [6, 6.07) is 16.2. The topological polar surface area (TPSA) is 82.4 Å². The van der Waals surface area contributed by atoms with Crippen molar-refractivity contribution in [2.75, 3.05) is 25.1 Å². The third-order valence-corrected chi connectivity index (χ3v) is 3.85. The van der Waals surface area contributed by atoms with Crippen LogP contribution in [0.5, 0.6) is 5.75 Å². The van der Waals surface area contributed by atoms with Crippen molar-refractivity contribution in [3.05, 3.63) is 59.7 Å². The molecule has 6 heteroatoms. The third kappa shape index (κ3) is 5.35. The van der Waals surface area contributed by atoms with Crippen molar-refractivity contribution in [3.63, 3.8) is 0 Å². The number of benzene rings is 2. The number of carbonyl (C=O) groups excluding carboxylic acids is 2. The van der Waals surface area contributed by atoms with Gasteiger partial charge in [-0.2, -0.15) is 5.26 Å². The van der Waals surface area contributed by atoms with Crippen molar-refractivity contribution in [2.24, 2.45) is 0 Å². The van der Waals surface area contributed by atoms with Crippen molar-refractivity contribution in [1.82, 2.24) is 5.32 Å². The fraction of sp³-hybridized carbons (Fsp3) is 0.250. The van der Waals surface area contributed by atoms with Gasteiger partial charge in [-0.15, -0.1) is 0 Å². The molecule has 1 N–H and O–H groups in total. The first-order valence-electron chi connectivity index (χ1n) is 8.21. The number of hydrogen-bond donors (Lipinski definition) is 1. The van der Waals surface area contributed by atoms with Crippen LogP contribution in [0, 0.1) is 11.3 Å². The molecule has 0 bridgehead atoms. The smallest absolute Gasteiger partial charge is 0.224 e. The predicted molar refractivity (Wildman–Crippen MR) is 98.9 cm³/mol. The minimum Gasteiger partial charge on any atom is -0.497 e. The Labute approximate surface area is 153 Å². The van der Waals surface area contributed by atoms with Gasteiger partial charge in [0.2, 0.25) is 11.8 Å². The molecule has 0 aromatic heterocycles. The van der Waals surface area contributed by atoms with Crippen molar-refractivity contribution < 1.29 is 14.3 Å². The summed E-state index contributed by atoms with van der Waals surface area (Å²) >= 11 is 0. The normalized spacial score (nSPS) is 9.88. The molecule has 0 radical (unpaired) electrons. The van der Waals surface area contributed by atoms with Crippen LogP contribution in [0.2, 0.25) is 0 Å². The van der Waals surface area contributed by atoms with Crippen LogP contribution in [0.25, 0.3) is 0 Å². The van der Waals surface area contributed by atoms with E-state index >= 15 is 0 Å². The number of nitriles is 1. The lowest BCUT2D eigenvalue weighted by Gasteiger charge is -2.21. The van der Waals surface area contributed by atoms with Gasteiger partial charge in [0.05, 0.1) is 25.2 Å². The summed E-state index contributed by atoms with van der Waals surface area (Å²) < 4.78 is 5.09. The molecule has 0 heterocycles. The van der Waals surface area contributed by atoms with Gasteiger partial charge < -0.3 is 15.0 Å². The Kier molecular flexibility index (Phi) is 6.75. The Hall–Kier alpha value is -3.33. The number of nitrogens with zero attached hydrogens (tertiary/aromatic N) is 2. The minimum atomic E-state index is -0.149. The lowest BCUT2D eigenvalue weighted by molar-refractivity contribution is -0.121. The highest BCUT2D eigenvalue weighted by atomic mass is 16.5. The van der Waals surface area contributed by atoms with Crippen LogP contribution in [0.1, 0.15) is 18.1 Å². The molecule has 0 saturated carbocycles. The number of ether oxygens (including phenoxy) is 1. The Bertz CT molecular complexity index is 810. The van der Waals surface area contributed by atoms with Crippen LogP contribution >= 0.6 is 0 Å². The summed E-state index contributed by atoms with van der Waals surface area (Å²) in [5, 5.41) is 11.8. The zero-order valence-electron chi connectivity index (χ0n) is 14.9. The van der Waals surface area contributed by atoms with E-state index in [1.165, 1.54) is 11.8 Å². The molecule has 2 aromatic rings. The van der Waals surface area contributed by atoms with Crippen LogP contribution in [0.3, 0.4) is 0 Å². The van der Waals surface area contributed by atoms with Gasteiger partial charge in [0.25, 0.3) is 0 Å². The second-order valence-electron chi connectivity index (χ2n) is 5.71. The highest BCUT2D eigenvalue weighted by molar-refractivity contribution is 5.91. The maximum Gasteiger partial charge on any atom is 0.224 e. The van der Waals surface area contributed by atoms with Crippen molar-refractivity contribution in [3.8, 4) is 11.8 Å². The molecule has 0 saturated heterocycles. The largest absolute Gasteiger partial charge is 0.497 e. The number of amides is 2. The molecular formula is C20H21N3O3. The standard InChI is InChI=1S/C20H21N3O3/c1-15(24)23(18-5-3-4-17(12-18)14-21)11-10-22-20(25)13-16-6-8-19(26-2)9-7-16/h3-9,12H,10-11,13H2,1-2H3,(H,22,25). The molecule has 2 rings (SSSR count). The maximum absolute atomic E-state index is 12.1. The first kappa shape index (κ1) is 19.0. The fourth-order valence-corrected chi connectivity index (χ4v) is 2.51. The van der Waals surface area contributed by atoms with Crippen LogP contribution in [0.4, 0.5) is 5.69 Å². The van der Waals surface area contributed by atoms with E-state index in [0.717, 1.165) is 11.3 Å². The Morgan fingerprint density at radius 3 is 2.54 bits per heavy atom. The molecule has 2 amide bonds. The van der Waals surface area contributed by atoms with Crippen molar-refractivity contribution >= 4 is 17.5 Å². The molecule has 0 aliphatic carbocycles. The number of carbonyl (C=O) groups is 2. The van der Waals surface area contributed by atoms with Gasteiger partial charge in [-0.25, -0.2) is 0 Å².